The first kappa shape index (κ1) is 23.1. The molecular weight excluding hydrogens is 416 g/mol. The third-order valence-corrected chi connectivity index (χ3v) is 4.87. The highest BCUT2D eigenvalue weighted by Crippen LogP contribution is 2.21. The molecule has 0 saturated heterocycles. The van der Waals surface area contributed by atoms with Crippen LogP contribution in [0, 0.1) is 0 Å². The maximum absolute atomic E-state index is 11.5. The highest BCUT2D eigenvalue weighted by atomic mass is 16.5. The Morgan fingerprint density at radius 1 is 0.879 bits per heavy atom. The molecule has 0 amide bonds. The lowest BCUT2D eigenvalue weighted by molar-refractivity contribution is 0.414. The molecule has 3 aromatic carbocycles. The van der Waals surface area contributed by atoms with Crippen LogP contribution in [0.4, 0.5) is 11.4 Å². The first-order valence-corrected chi connectivity index (χ1v) is 10.3. The van der Waals surface area contributed by atoms with Crippen LogP contribution < -0.4 is 27.5 Å². The smallest absolute Gasteiger partial charge is 0.328 e. The predicted molar refractivity (Wildman–Crippen MR) is 134 cm³/mol. The number of rotatable bonds is 5. The number of aromatic nitrogens is 2. The number of ether oxygens (including phenoxy) is 1. The molecule has 4 rings (SSSR count). The van der Waals surface area contributed by atoms with E-state index in [0.717, 1.165) is 27.0 Å². The summed E-state index contributed by atoms with van der Waals surface area (Å²) < 4.78 is 6.17. The van der Waals surface area contributed by atoms with Crippen molar-refractivity contribution < 1.29 is 4.74 Å². The molecule has 4 aromatic rings. The van der Waals surface area contributed by atoms with Crippen molar-refractivity contribution in [2.75, 3.05) is 18.6 Å². The monoisotopic (exact) mass is 442 g/mol. The van der Waals surface area contributed by atoms with E-state index in [1.807, 2.05) is 66.7 Å². The van der Waals surface area contributed by atoms with Crippen molar-refractivity contribution in [3.8, 4) is 5.75 Å². The third-order valence-electron chi connectivity index (χ3n) is 4.87. The van der Waals surface area contributed by atoms with E-state index >= 15 is 0 Å². The number of anilines is 2. The van der Waals surface area contributed by atoms with E-state index < -0.39 is 5.69 Å². The normalized spacial score (nSPS) is 10.5. The summed E-state index contributed by atoms with van der Waals surface area (Å²) in [5, 5.41) is 0. The number of nitrogen functional groups attached to an aromatic ring is 2. The number of H-pyrrole nitrogens is 1. The zero-order valence-electron chi connectivity index (χ0n) is 18.3. The summed E-state index contributed by atoms with van der Waals surface area (Å²) in [6, 6.07) is 24.3. The minimum atomic E-state index is -0.409. The van der Waals surface area contributed by atoms with Gasteiger partial charge in [-0.15, -0.1) is 0 Å². The Morgan fingerprint density at radius 2 is 1.61 bits per heavy atom. The number of benzene rings is 3. The predicted octanol–water partition coefficient (Wildman–Crippen LogP) is 3.61. The summed E-state index contributed by atoms with van der Waals surface area (Å²) >= 11 is 0. The molecule has 1 aromatic heterocycles. The summed E-state index contributed by atoms with van der Waals surface area (Å²) in [6.07, 6.45) is 5.33. The van der Waals surface area contributed by atoms with Crippen LogP contribution >= 0.6 is 0 Å². The Balaban J connectivity index is 0.000000186. The quantitative estimate of drug-likeness (QED) is 0.322. The summed E-state index contributed by atoms with van der Waals surface area (Å²) in [6.45, 7) is 0.249. The number of hydrogen-bond acceptors (Lipinski definition) is 5. The van der Waals surface area contributed by atoms with E-state index in [2.05, 4.69) is 4.98 Å². The third kappa shape index (κ3) is 6.48. The van der Waals surface area contributed by atoms with E-state index in [9.17, 15) is 9.59 Å². The van der Waals surface area contributed by atoms with Crippen LogP contribution in [-0.4, -0.2) is 16.7 Å². The molecule has 0 spiro atoms. The zero-order chi connectivity index (χ0) is 23.6. The van der Waals surface area contributed by atoms with Crippen LogP contribution in [-0.2, 0) is 6.54 Å². The minimum Gasteiger partial charge on any atom is -0.497 e. The van der Waals surface area contributed by atoms with Gasteiger partial charge in [0.2, 0.25) is 0 Å². The van der Waals surface area contributed by atoms with Gasteiger partial charge in [0.05, 0.1) is 25.0 Å². The Bertz CT molecular complexity index is 1300. The van der Waals surface area contributed by atoms with Crippen molar-refractivity contribution in [1.82, 2.24) is 9.55 Å². The molecule has 0 unspecified atom stereocenters. The van der Waals surface area contributed by atoms with Crippen LogP contribution in [0.3, 0.4) is 0 Å². The fraction of sp³-hybridized carbons (Fsp3) is 0.0769. The van der Waals surface area contributed by atoms with Gasteiger partial charge in [0.15, 0.2) is 0 Å². The van der Waals surface area contributed by atoms with Crippen LogP contribution in [0.1, 0.15) is 16.7 Å². The Kier molecular flexibility index (Phi) is 7.86. The second kappa shape index (κ2) is 11.2. The molecule has 5 N–H and O–H groups in total. The number of aromatic amines is 1. The maximum Gasteiger partial charge on any atom is 0.328 e. The van der Waals surface area contributed by atoms with Crippen molar-refractivity contribution in [3.05, 3.63) is 123 Å². The molecule has 7 nitrogen and oxygen atoms in total. The lowest BCUT2D eigenvalue weighted by Crippen LogP contribution is -2.34. The average Bonchev–Trinajstić information content (AvgIpc) is 2.84. The van der Waals surface area contributed by atoms with Crippen molar-refractivity contribution in [1.29, 1.82) is 0 Å². The maximum atomic E-state index is 11.5. The molecular formula is C26H26N4O3. The van der Waals surface area contributed by atoms with E-state index in [0.29, 0.717) is 11.4 Å². The number of nitrogens with two attached hydrogens (primary N) is 2. The Hall–Kier alpha value is -4.52. The van der Waals surface area contributed by atoms with Crippen molar-refractivity contribution in [3.63, 3.8) is 0 Å². The lowest BCUT2D eigenvalue weighted by atomic mass is 10.1. The lowest BCUT2D eigenvalue weighted by Gasteiger charge is -2.05. The van der Waals surface area contributed by atoms with Gasteiger partial charge >= 0.3 is 5.69 Å². The molecule has 1 heterocycles. The van der Waals surface area contributed by atoms with Gasteiger partial charge in [0, 0.05) is 12.3 Å². The Morgan fingerprint density at radius 3 is 2.27 bits per heavy atom. The first-order chi connectivity index (χ1) is 16.0. The molecule has 33 heavy (non-hydrogen) atoms. The first-order valence-electron chi connectivity index (χ1n) is 10.3. The van der Waals surface area contributed by atoms with Gasteiger partial charge in [-0.1, -0.05) is 66.7 Å². The summed E-state index contributed by atoms with van der Waals surface area (Å²) in [5.74, 6) is 0.739. The molecule has 7 heteroatoms. The van der Waals surface area contributed by atoms with Crippen molar-refractivity contribution in [2.24, 2.45) is 0 Å². The van der Waals surface area contributed by atoms with Gasteiger partial charge in [-0.05, 0) is 34.9 Å². The van der Waals surface area contributed by atoms with Gasteiger partial charge in [-0.3, -0.25) is 9.36 Å². The number of para-hydroxylation sites is 1. The largest absolute Gasteiger partial charge is 0.497 e. The topological polar surface area (TPSA) is 116 Å². The fourth-order valence-corrected chi connectivity index (χ4v) is 3.01. The molecule has 0 bridgehead atoms. The molecule has 0 aliphatic carbocycles. The zero-order valence-corrected chi connectivity index (χ0v) is 18.3. The summed E-state index contributed by atoms with van der Waals surface area (Å²) in [4.78, 5) is 25.4. The second-order valence-corrected chi connectivity index (χ2v) is 7.15. The molecule has 0 aliphatic rings. The molecule has 0 radical (unpaired) electrons. The summed E-state index contributed by atoms with van der Waals surface area (Å²) in [7, 11) is 1.58. The van der Waals surface area contributed by atoms with E-state index in [-0.39, 0.29) is 12.1 Å². The Labute approximate surface area is 191 Å². The molecule has 0 saturated carbocycles. The highest BCUT2D eigenvalue weighted by Gasteiger charge is 2.02. The highest BCUT2D eigenvalue weighted by molar-refractivity contribution is 5.81. The second-order valence-electron chi connectivity index (χ2n) is 7.15. The minimum absolute atomic E-state index is 0.249. The standard InChI is InChI=1S/C14H14N2.C12H12N2O3/c15-13-8-4-7-12(14(13)16)10-9-11-5-2-1-3-6-11;1-17-10-4-2-9(3-5-10)8-14-11(15)6-7-13-12(14)16/h1-10H,15-16H2;2-7H,8H2,1H3,(H,13,16). The molecule has 0 fully saturated rings. The number of hydrogen-bond donors (Lipinski definition) is 3. The van der Waals surface area contributed by atoms with Gasteiger partial charge in [0.1, 0.15) is 5.75 Å². The number of nitrogens with zero attached hydrogens (tertiary/aromatic N) is 1. The van der Waals surface area contributed by atoms with Gasteiger partial charge in [-0.25, -0.2) is 4.79 Å². The van der Waals surface area contributed by atoms with E-state index in [1.165, 1.54) is 12.3 Å². The van der Waals surface area contributed by atoms with Crippen LogP contribution in [0.2, 0.25) is 0 Å². The number of nitrogens with one attached hydrogen (secondary N) is 1. The van der Waals surface area contributed by atoms with Gasteiger partial charge in [-0.2, -0.15) is 0 Å². The van der Waals surface area contributed by atoms with Crippen LogP contribution in [0.15, 0.2) is 94.6 Å². The van der Waals surface area contributed by atoms with E-state index in [1.54, 1.807) is 25.3 Å². The average molecular weight is 443 g/mol. The molecule has 168 valence electrons. The summed E-state index contributed by atoms with van der Waals surface area (Å²) in [5.41, 5.74) is 15.1. The van der Waals surface area contributed by atoms with E-state index in [4.69, 9.17) is 16.2 Å². The molecule has 0 aliphatic heterocycles. The van der Waals surface area contributed by atoms with Crippen LogP contribution in [0.25, 0.3) is 12.2 Å². The SMILES string of the molecule is COc1ccc(Cn2c(=O)cc[nH]c2=O)cc1.Nc1cccc(C=Cc2ccccc2)c1N. The molecule has 0 atom stereocenters. The van der Waals surface area contributed by atoms with Crippen molar-refractivity contribution in [2.45, 2.75) is 6.54 Å². The fourth-order valence-electron chi connectivity index (χ4n) is 3.01. The van der Waals surface area contributed by atoms with Gasteiger partial charge < -0.3 is 21.2 Å². The van der Waals surface area contributed by atoms with Crippen molar-refractivity contribution >= 4 is 23.5 Å². The van der Waals surface area contributed by atoms with Crippen LogP contribution in [0.5, 0.6) is 5.75 Å². The van der Waals surface area contributed by atoms with Gasteiger partial charge in [0.25, 0.3) is 5.56 Å². The number of methoxy groups -OCH3 is 1.